The van der Waals surface area contributed by atoms with Crippen molar-refractivity contribution >= 4 is 27.7 Å². The molecule has 0 aromatic heterocycles. The smallest absolute Gasteiger partial charge is 0.232 e. The molecule has 0 bridgehead atoms. The van der Waals surface area contributed by atoms with Gasteiger partial charge in [0.2, 0.25) is 11.8 Å². The first-order chi connectivity index (χ1) is 9.41. The van der Waals surface area contributed by atoms with Gasteiger partial charge in [0.05, 0.1) is 5.41 Å². The second-order valence-corrected chi connectivity index (χ2v) is 6.44. The van der Waals surface area contributed by atoms with Crippen molar-refractivity contribution in [2.75, 3.05) is 19.6 Å². The maximum absolute atomic E-state index is 12.7. The van der Waals surface area contributed by atoms with E-state index in [-0.39, 0.29) is 11.8 Å². The normalized spacial score (nSPS) is 16.6. The van der Waals surface area contributed by atoms with E-state index in [9.17, 15) is 9.59 Å². The van der Waals surface area contributed by atoms with E-state index in [0.717, 1.165) is 10.0 Å². The zero-order valence-corrected chi connectivity index (χ0v) is 13.4. The minimum absolute atomic E-state index is 0.0155. The molecule has 0 atom stereocenters. The molecular formula is C15H19BrN2O2. The van der Waals surface area contributed by atoms with Crippen molar-refractivity contribution in [2.45, 2.75) is 25.7 Å². The molecule has 20 heavy (non-hydrogen) atoms. The molecule has 1 N–H and O–H groups in total. The maximum atomic E-state index is 12.7. The Hall–Kier alpha value is -1.36. The molecule has 1 aromatic rings. The van der Waals surface area contributed by atoms with E-state index in [1.54, 1.807) is 4.90 Å². The Labute approximate surface area is 127 Å². The van der Waals surface area contributed by atoms with Gasteiger partial charge in [0.25, 0.3) is 0 Å². The van der Waals surface area contributed by atoms with Crippen molar-refractivity contribution in [2.24, 2.45) is 0 Å². The van der Waals surface area contributed by atoms with Crippen LogP contribution >= 0.6 is 15.9 Å². The lowest BCUT2D eigenvalue weighted by Gasteiger charge is -2.31. The number of hydrogen-bond acceptors (Lipinski definition) is 2. The largest absolute Gasteiger partial charge is 0.354 e. The van der Waals surface area contributed by atoms with Gasteiger partial charge in [-0.15, -0.1) is 0 Å². The van der Waals surface area contributed by atoms with E-state index in [1.807, 2.05) is 38.1 Å². The summed E-state index contributed by atoms with van der Waals surface area (Å²) < 4.78 is 0.995. The summed E-state index contributed by atoms with van der Waals surface area (Å²) in [6.45, 7) is 5.45. The summed E-state index contributed by atoms with van der Waals surface area (Å²) in [4.78, 5) is 25.9. The standard InChI is InChI=1S/C15H19BrN2O2/c1-15(2,11-3-5-12(16)6-4-11)14(20)18-9-7-13(19)17-8-10-18/h3-6H,7-10H2,1-2H3,(H,17,19). The molecule has 0 aliphatic carbocycles. The van der Waals surface area contributed by atoms with Gasteiger partial charge in [0.1, 0.15) is 0 Å². The molecule has 1 aliphatic heterocycles. The molecule has 0 saturated carbocycles. The van der Waals surface area contributed by atoms with Gasteiger partial charge >= 0.3 is 0 Å². The Morgan fingerprint density at radius 1 is 1.25 bits per heavy atom. The number of nitrogens with one attached hydrogen (secondary N) is 1. The quantitative estimate of drug-likeness (QED) is 0.897. The van der Waals surface area contributed by atoms with E-state index in [2.05, 4.69) is 21.2 Å². The summed E-state index contributed by atoms with van der Waals surface area (Å²) >= 11 is 3.40. The van der Waals surface area contributed by atoms with Crippen LogP contribution in [0.25, 0.3) is 0 Å². The molecule has 0 radical (unpaired) electrons. The molecule has 0 unspecified atom stereocenters. The maximum Gasteiger partial charge on any atom is 0.232 e. The Morgan fingerprint density at radius 2 is 1.90 bits per heavy atom. The zero-order chi connectivity index (χ0) is 14.8. The van der Waals surface area contributed by atoms with Gasteiger partial charge in [-0.2, -0.15) is 0 Å². The molecule has 108 valence electrons. The van der Waals surface area contributed by atoms with Crippen LogP contribution < -0.4 is 5.32 Å². The summed E-state index contributed by atoms with van der Waals surface area (Å²) in [5, 5.41) is 2.79. The SMILES string of the molecule is CC(C)(C(=O)N1CCNC(=O)CC1)c1ccc(Br)cc1. The minimum Gasteiger partial charge on any atom is -0.354 e. The lowest BCUT2D eigenvalue weighted by molar-refractivity contribution is -0.136. The fraction of sp³-hybridized carbons (Fsp3) is 0.467. The second-order valence-electron chi connectivity index (χ2n) is 5.52. The van der Waals surface area contributed by atoms with E-state index in [1.165, 1.54) is 0 Å². The second kappa shape index (κ2) is 5.95. The molecule has 2 rings (SSSR count). The van der Waals surface area contributed by atoms with Crippen LogP contribution in [0.5, 0.6) is 0 Å². The third-order valence-electron chi connectivity index (χ3n) is 3.70. The third-order valence-corrected chi connectivity index (χ3v) is 4.23. The summed E-state index contributed by atoms with van der Waals surface area (Å²) in [5.41, 5.74) is 0.392. The highest BCUT2D eigenvalue weighted by Gasteiger charge is 2.34. The zero-order valence-electron chi connectivity index (χ0n) is 11.8. The van der Waals surface area contributed by atoms with Crippen molar-refractivity contribution in [3.8, 4) is 0 Å². The Kier molecular flexibility index (Phi) is 4.48. The van der Waals surface area contributed by atoms with Crippen molar-refractivity contribution in [3.05, 3.63) is 34.3 Å². The Morgan fingerprint density at radius 3 is 2.55 bits per heavy atom. The van der Waals surface area contributed by atoms with E-state index in [4.69, 9.17) is 0 Å². The van der Waals surface area contributed by atoms with Crippen LogP contribution in [-0.2, 0) is 15.0 Å². The van der Waals surface area contributed by atoms with Gasteiger partial charge in [-0.3, -0.25) is 9.59 Å². The first-order valence-corrected chi connectivity index (χ1v) is 7.52. The van der Waals surface area contributed by atoms with Gasteiger partial charge in [-0.1, -0.05) is 28.1 Å². The first-order valence-electron chi connectivity index (χ1n) is 6.73. The average Bonchev–Trinajstić information content (AvgIpc) is 2.63. The molecular weight excluding hydrogens is 320 g/mol. The molecule has 2 amide bonds. The number of carbonyl (C=O) groups excluding carboxylic acids is 2. The predicted molar refractivity (Wildman–Crippen MR) is 81.4 cm³/mol. The van der Waals surface area contributed by atoms with Gasteiger partial charge in [0.15, 0.2) is 0 Å². The fourth-order valence-electron chi connectivity index (χ4n) is 2.36. The highest BCUT2D eigenvalue weighted by Crippen LogP contribution is 2.27. The van der Waals surface area contributed by atoms with Gasteiger partial charge in [0, 0.05) is 30.5 Å². The van der Waals surface area contributed by atoms with Crippen LogP contribution in [0.4, 0.5) is 0 Å². The van der Waals surface area contributed by atoms with Crippen molar-refractivity contribution in [1.82, 2.24) is 10.2 Å². The molecule has 1 aliphatic rings. The predicted octanol–water partition coefficient (Wildman–Crippen LogP) is 2.08. The fourth-order valence-corrected chi connectivity index (χ4v) is 2.62. The number of carbonyl (C=O) groups is 2. The molecule has 1 fully saturated rings. The van der Waals surface area contributed by atoms with Gasteiger partial charge < -0.3 is 10.2 Å². The summed E-state index contributed by atoms with van der Waals surface area (Å²) in [7, 11) is 0. The van der Waals surface area contributed by atoms with Crippen molar-refractivity contribution in [1.29, 1.82) is 0 Å². The number of hydrogen-bond donors (Lipinski definition) is 1. The third kappa shape index (κ3) is 3.20. The lowest BCUT2D eigenvalue weighted by atomic mass is 9.83. The van der Waals surface area contributed by atoms with Gasteiger partial charge in [-0.25, -0.2) is 0 Å². The Bertz CT molecular complexity index is 511. The average molecular weight is 339 g/mol. The highest BCUT2D eigenvalue weighted by atomic mass is 79.9. The van der Waals surface area contributed by atoms with Crippen LogP contribution in [0, 0.1) is 0 Å². The number of amides is 2. The first kappa shape index (κ1) is 15.0. The molecule has 1 saturated heterocycles. The summed E-state index contributed by atoms with van der Waals surface area (Å²) in [6, 6.07) is 7.81. The molecule has 5 heteroatoms. The molecule has 0 spiro atoms. The van der Waals surface area contributed by atoms with Crippen LogP contribution in [0.15, 0.2) is 28.7 Å². The molecule has 1 heterocycles. The van der Waals surface area contributed by atoms with Gasteiger partial charge in [-0.05, 0) is 31.5 Å². The van der Waals surface area contributed by atoms with E-state index >= 15 is 0 Å². The van der Waals surface area contributed by atoms with E-state index in [0.29, 0.717) is 26.1 Å². The van der Waals surface area contributed by atoms with Crippen molar-refractivity contribution < 1.29 is 9.59 Å². The topological polar surface area (TPSA) is 49.4 Å². The van der Waals surface area contributed by atoms with Crippen LogP contribution in [0.3, 0.4) is 0 Å². The summed E-state index contributed by atoms with van der Waals surface area (Å²) in [5.74, 6) is 0.0815. The number of halogens is 1. The van der Waals surface area contributed by atoms with Crippen LogP contribution in [0.1, 0.15) is 25.8 Å². The van der Waals surface area contributed by atoms with Crippen LogP contribution in [0.2, 0.25) is 0 Å². The van der Waals surface area contributed by atoms with Crippen LogP contribution in [-0.4, -0.2) is 36.3 Å². The monoisotopic (exact) mass is 338 g/mol. The Balaban J connectivity index is 2.17. The van der Waals surface area contributed by atoms with E-state index < -0.39 is 5.41 Å². The minimum atomic E-state index is -0.589. The van der Waals surface area contributed by atoms with Crippen molar-refractivity contribution in [3.63, 3.8) is 0 Å². The lowest BCUT2D eigenvalue weighted by Crippen LogP contribution is -2.44. The number of benzene rings is 1. The number of nitrogens with zero attached hydrogens (tertiary/aromatic N) is 1. The molecule has 1 aromatic carbocycles. The number of rotatable bonds is 2. The highest BCUT2D eigenvalue weighted by molar-refractivity contribution is 9.10. The summed E-state index contributed by atoms with van der Waals surface area (Å²) in [6.07, 6.45) is 0.377. The molecule has 4 nitrogen and oxygen atoms in total.